The second-order valence-electron chi connectivity index (χ2n) is 9.47. The van der Waals surface area contributed by atoms with Crippen LogP contribution in [0.15, 0.2) is 18.2 Å². The number of aliphatic hydroxyl groups is 1. The van der Waals surface area contributed by atoms with Gasteiger partial charge in [-0.2, -0.15) is 15.0 Å². The van der Waals surface area contributed by atoms with Crippen LogP contribution in [0.2, 0.25) is 0 Å². The van der Waals surface area contributed by atoms with Gasteiger partial charge in [-0.15, -0.1) is 0 Å². The highest BCUT2D eigenvalue weighted by Crippen LogP contribution is 2.28. The molecule has 10 heteroatoms. The van der Waals surface area contributed by atoms with Gasteiger partial charge in [0.2, 0.25) is 17.8 Å². The SMILES string of the molecule is CCC(Nc1nc(Nc2ccc(OC)c(F)c2)nc(NC(CO)C2CCCCC2)n1)C1CCCN1. The fourth-order valence-corrected chi connectivity index (χ4v) is 5.16. The van der Waals surface area contributed by atoms with Gasteiger partial charge in [-0.05, 0) is 56.7 Å². The van der Waals surface area contributed by atoms with Gasteiger partial charge in [0.1, 0.15) is 0 Å². The van der Waals surface area contributed by atoms with Crippen molar-refractivity contribution < 1.29 is 14.2 Å². The van der Waals surface area contributed by atoms with E-state index in [0.29, 0.717) is 35.5 Å². The number of halogens is 1. The Labute approximate surface area is 206 Å². The molecule has 0 spiro atoms. The van der Waals surface area contributed by atoms with Crippen LogP contribution in [0.5, 0.6) is 5.75 Å². The molecule has 9 nitrogen and oxygen atoms in total. The van der Waals surface area contributed by atoms with Crippen molar-refractivity contribution in [3.63, 3.8) is 0 Å². The van der Waals surface area contributed by atoms with E-state index in [4.69, 9.17) is 4.74 Å². The third-order valence-electron chi connectivity index (χ3n) is 7.11. The zero-order valence-electron chi connectivity index (χ0n) is 20.7. The zero-order chi connectivity index (χ0) is 24.6. The van der Waals surface area contributed by atoms with Gasteiger partial charge in [0.25, 0.3) is 0 Å². The summed E-state index contributed by atoms with van der Waals surface area (Å²) in [5.41, 5.74) is 0.502. The first-order chi connectivity index (χ1) is 17.1. The fraction of sp³-hybridized carbons (Fsp3) is 0.640. The molecule has 1 aromatic carbocycles. The lowest BCUT2D eigenvalue weighted by atomic mass is 9.84. The fourth-order valence-electron chi connectivity index (χ4n) is 5.16. The van der Waals surface area contributed by atoms with Gasteiger partial charge < -0.3 is 31.1 Å². The molecule has 192 valence electrons. The molecule has 4 rings (SSSR count). The highest BCUT2D eigenvalue weighted by Gasteiger charge is 2.26. The first kappa shape index (κ1) is 25.4. The number of aliphatic hydroxyl groups excluding tert-OH is 1. The van der Waals surface area contributed by atoms with E-state index in [1.54, 1.807) is 12.1 Å². The predicted molar refractivity (Wildman–Crippen MR) is 136 cm³/mol. The Bertz CT molecular complexity index is 951. The third-order valence-corrected chi connectivity index (χ3v) is 7.11. The van der Waals surface area contributed by atoms with Crippen molar-refractivity contribution in [1.29, 1.82) is 0 Å². The third kappa shape index (κ3) is 6.70. The van der Waals surface area contributed by atoms with Gasteiger partial charge in [0.15, 0.2) is 11.6 Å². The summed E-state index contributed by atoms with van der Waals surface area (Å²) in [6, 6.07) is 5.01. The normalized spacial score (nSPS) is 20.3. The van der Waals surface area contributed by atoms with Crippen LogP contribution in [0, 0.1) is 11.7 Å². The summed E-state index contributed by atoms with van der Waals surface area (Å²) in [6.45, 7) is 3.17. The Morgan fingerprint density at radius 3 is 2.34 bits per heavy atom. The highest BCUT2D eigenvalue weighted by atomic mass is 19.1. The number of rotatable bonds is 11. The standard InChI is InChI=1S/C25H38FN7O2/c1-3-19(20-10-7-13-27-20)29-24-31-23(28-17-11-12-22(35-2)18(26)14-17)32-25(33-24)30-21(15-34)16-8-5-4-6-9-16/h11-12,14,16,19-21,27,34H,3-10,13,15H2,1-2H3,(H3,28,29,30,31,32,33). The molecule has 1 aromatic heterocycles. The highest BCUT2D eigenvalue weighted by molar-refractivity contribution is 5.57. The molecule has 1 aliphatic carbocycles. The molecule has 5 N–H and O–H groups in total. The molecule has 1 aliphatic heterocycles. The second kappa shape index (κ2) is 12.3. The Morgan fingerprint density at radius 2 is 1.74 bits per heavy atom. The number of benzene rings is 1. The first-order valence-corrected chi connectivity index (χ1v) is 12.8. The molecule has 0 bridgehead atoms. The molecule has 3 unspecified atom stereocenters. The van der Waals surface area contributed by atoms with Crippen LogP contribution in [0.1, 0.15) is 58.3 Å². The minimum Gasteiger partial charge on any atom is -0.494 e. The molecule has 0 radical (unpaired) electrons. The number of methoxy groups -OCH3 is 1. The quantitative estimate of drug-likeness (QED) is 0.320. The molecule has 1 saturated heterocycles. The van der Waals surface area contributed by atoms with Crippen molar-refractivity contribution in [1.82, 2.24) is 20.3 Å². The van der Waals surface area contributed by atoms with E-state index in [-0.39, 0.29) is 24.4 Å². The summed E-state index contributed by atoms with van der Waals surface area (Å²) in [4.78, 5) is 13.8. The van der Waals surface area contributed by atoms with E-state index in [9.17, 15) is 9.50 Å². The Hall–Kier alpha value is -2.72. The van der Waals surface area contributed by atoms with Crippen LogP contribution in [0.25, 0.3) is 0 Å². The van der Waals surface area contributed by atoms with Crippen LogP contribution >= 0.6 is 0 Å². The monoisotopic (exact) mass is 487 g/mol. The Kier molecular flexibility index (Phi) is 8.92. The van der Waals surface area contributed by atoms with E-state index < -0.39 is 5.82 Å². The first-order valence-electron chi connectivity index (χ1n) is 12.8. The maximum absolute atomic E-state index is 14.2. The maximum atomic E-state index is 14.2. The topological polar surface area (TPSA) is 116 Å². The van der Waals surface area contributed by atoms with Crippen LogP contribution in [-0.4, -0.2) is 58.4 Å². The van der Waals surface area contributed by atoms with Crippen LogP contribution in [0.3, 0.4) is 0 Å². The minimum atomic E-state index is -0.473. The molecule has 0 amide bonds. The summed E-state index contributed by atoms with van der Waals surface area (Å²) < 4.78 is 19.3. The van der Waals surface area contributed by atoms with Crippen LogP contribution < -0.4 is 26.0 Å². The van der Waals surface area contributed by atoms with Crippen LogP contribution in [0.4, 0.5) is 27.9 Å². The number of nitrogens with one attached hydrogen (secondary N) is 4. The maximum Gasteiger partial charge on any atom is 0.233 e. The van der Waals surface area contributed by atoms with Gasteiger partial charge in [-0.1, -0.05) is 26.2 Å². The van der Waals surface area contributed by atoms with E-state index in [1.807, 2.05) is 0 Å². The summed E-state index contributed by atoms with van der Waals surface area (Å²) >= 11 is 0. The van der Waals surface area contributed by atoms with Crippen LogP contribution in [-0.2, 0) is 0 Å². The van der Waals surface area contributed by atoms with Crippen molar-refractivity contribution >= 4 is 23.5 Å². The molecule has 2 fully saturated rings. The summed E-state index contributed by atoms with van der Waals surface area (Å²) in [5, 5.41) is 23.6. The van der Waals surface area contributed by atoms with E-state index in [2.05, 4.69) is 43.1 Å². The van der Waals surface area contributed by atoms with Gasteiger partial charge in [-0.25, -0.2) is 4.39 Å². The minimum absolute atomic E-state index is 0.00907. The zero-order valence-corrected chi connectivity index (χ0v) is 20.7. The Balaban J connectivity index is 1.58. The molecule has 2 aliphatic rings. The van der Waals surface area contributed by atoms with Crippen molar-refractivity contribution in [2.75, 3.05) is 36.2 Å². The summed E-state index contributed by atoms with van der Waals surface area (Å²) in [5.74, 6) is 1.20. The van der Waals surface area contributed by atoms with Crippen molar-refractivity contribution in [2.45, 2.75) is 76.4 Å². The van der Waals surface area contributed by atoms with E-state index in [1.165, 1.54) is 32.4 Å². The Morgan fingerprint density at radius 1 is 1.03 bits per heavy atom. The molecule has 2 aromatic rings. The summed E-state index contributed by atoms with van der Waals surface area (Å²) in [6.07, 6.45) is 8.93. The number of hydrogen-bond acceptors (Lipinski definition) is 9. The van der Waals surface area contributed by atoms with Crippen molar-refractivity contribution in [2.24, 2.45) is 5.92 Å². The second-order valence-corrected chi connectivity index (χ2v) is 9.47. The van der Waals surface area contributed by atoms with Gasteiger partial charge in [0, 0.05) is 23.8 Å². The van der Waals surface area contributed by atoms with Crippen molar-refractivity contribution in [3.05, 3.63) is 24.0 Å². The molecular weight excluding hydrogens is 449 g/mol. The number of nitrogens with zero attached hydrogens (tertiary/aromatic N) is 3. The lowest BCUT2D eigenvalue weighted by molar-refractivity contribution is 0.209. The average molecular weight is 488 g/mol. The van der Waals surface area contributed by atoms with Gasteiger partial charge in [0.05, 0.1) is 19.8 Å². The smallest absolute Gasteiger partial charge is 0.233 e. The molecule has 35 heavy (non-hydrogen) atoms. The predicted octanol–water partition coefficient (Wildman–Crippen LogP) is 4.06. The molecule has 2 heterocycles. The van der Waals surface area contributed by atoms with E-state index >= 15 is 0 Å². The van der Waals surface area contributed by atoms with Gasteiger partial charge in [-0.3, -0.25) is 0 Å². The van der Waals surface area contributed by atoms with Crippen molar-refractivity contribution in [3.8, 4) is 5.75 Å². The average Bonchev–Trinajstić information content (AvgIpc) is 3.41. The molecule has 3 atom stereocenters. The number of hydrogen-bond donors (Lipinski definition) is 5. The number of anilines is 4. The number of ether oxygens (including phenoxy) is 1. The summed E-state index contributed by atoms with van der Waals surface area (Å²) in [7, 11) is 1.43. The number of aromatic nitrogens is 3. The van der Waals surface area contributed by atoms with E-state index in [0.717, 1.165) is 38.6 Å². The largest absolute Gasteiger partial charge is 0.494 e. The molecule has 1 saturated carbocycles. The lowest BCUT2D eigenvalue weighted by Crippen LogP contribution is -2.40. The molecular formula is C25H38FN7O2. The van der Waals surface area contributed by atoms with Gasteiger partial charge >= 0.3 is 0 Å². The lowest BCUT2D eigenvalue weighted by Gasteiger charge is -2.30.